The molecule has 4 aromatic rings. The van der Waals surface area contributed by atoms with E-state index in [0.29, 0.717) is 22.0 Å². The van der Waals surface area contributed by atoms with Crippen molar-refractivity contribution in [2.24, 2.45) is 12.0 Å². The van der Waals surface area contributed by atoms with Gasteiger partial charge in [-0.25, -0.2) is 4.79 Å². The van der Waals surface area contributed by atoms with E-state index >= 15 is 0 Å². The van der Waals surface area contributed by atoms with Crippen LogP contribution in [0.2, 0.25) is 5.02 Å². The molecule has 1 aliphatic heterocycles. The zero-order chi connectivity index (χ0) is 27.0. The van der Waals surface area contributed by atoms with Crippen molar-refractivity contribution in [3.63, 3.8) is 0 Å². The number of nitrogens with zero attached hydrogens (tertiary/aromatic N) is 5. The summed E-state index contributed by atoms with van der Waals surface area (Å²) in [5.74, 6) is 0. The first kappa shape index (κ1) is 25.5. The Balaban J connectivity index is 1.74. The van der Waals surface area contributed by atoms with Gasteiger partial charge in [-0.1, -0.05) is 29.8 Å². The first-order valence-corrected chi connectivity index (χ1v) is 12.9. The number of rotatable bonds is 5. The van der Waals surface area contributed by atoms with Gasteiger partial charge < -0.3 is 10.2 Å². The summed E-state index contributed by atoms with van der Waals surface area (Å²) < 4.78 is 3.33. The van der Waals surface area contributed by atoms with Gasteiger partial charge in [-0.05, 0) is 73.7 Å². The molecule has 1 aromatic heterocycles. The highest BCUT2D eigenvalue weighted by atomic mass is 35.5. The van der Waals surface area contributed by atoms with Gasteiger partial charge in [-0.2, -0.15) is 5.26 Å². The van der Waals surface area contributed by atoms with Crippen molar-refractivity contribution >= 4 is 29.7 Å². The summed E-state index contributed by atoms with van der Waals surface area (Å²) >= 11 is 6.11. The number of piperazine rings is 1. The van der Waals surface area contributed by atoms with Gasteiger partial charge in [-0.3, -0.25) is 14.1 Å². The average Bonchev–Trinajstić information content (AvgIpc) is 3.17. The smallest absolute Gasteiger partial charge is 0.333 e. The summed E-state index contributed by atoms with van der Waals surface area (Å²) in [6, 6.07) is 19.8. The Morgan fingerprint density at radius 3 is 2.34 bits per heavy atom. The minimum Gasteiger partial charge on any atom is -0.368 e. The third-order valence-corrected chi connectivity index (χ3v) is 7.53. The van der Waals surface area contributed by atoms with Crippen molar-refractivity contribution in [2.75, 3.05) is 31.1 Å². The number of nitriles is 1. The lowest BCUT2D eigenvalue weighted by molar-refractivity contribution is 0.589. The number of aromatic nitrogens is 2. The lowest BCUT2D eigenvalue weighted by Gasteiger charge is -2.30. The number of imidazole rings is 1. The number of aryl methyl sites for hydroxylation is 1. The van der Waals surface area contributed by atoms with E-state index < -0.39 is 0 Å². The summed E-state index contributed by atoms with van der Waals surface area (Å²) in [5.41, 5.74) is 7.77. The maximum Gasteiger partial charge on any atom is 0.333 e. The highest BCUT2D eigenvalue weighted by molar-refractivity contribution is 6.30. The summed E-state index contributed by atoms with van der Waals surface area (Å²) in [6.07, 6.45) is 0. The van der Waals surface area contributed by atoms with E-state index in [4.69, 9.17) is 11.6 Å². The lowest BCUT2D eigenvalue weighted by Crippen LogP contribution is -2.43. The van der Waals surface area contributed by atoms with Crippen LogP contribution in [0.1, 0.15) is 16.8 Å². The van der Waals surface area contributed by atoms with Crippen LogP contribution < -0.4 is 15.9 Å². The van der Waals surface area contributed by atoms with E-state index in [0.717, 1.165) is 65.5 Å². The molecular weight excluding hydrogens is 496 g/mol. The maximum atomic E-state index is 13.7. The Labute approximate surface area is 227 Å². The SMILES string of the molecule is C=Nc1ccc(-c2ccc(Cl)cc2)cc1-c1c(C)n(C)c(=O)n1-c1cc(C#N)c(N2CCNCC2)cc1C. The third kappa shape index (κ3) is 4.43. The van der Waals surface area contributed by atoms with Crippen LogP contribution in [0, 0.1) is 25.2 Å². The van der Waals surface area contributed by atoms with Gasteiger partial charge in [0.1, 0.15) is 6.07 Å². The van der Waals surface area contributed by atoms with Gasteiger partial charge in [-0.15, -0.1) is 0 Å². The number of anilines is 1. The minimum absolute atomic E-state index is 0.189. The molecule has 3 aromatic carbocycles. The molecule has 5 rings (SSSR count). The van der Waals surface area contributed by atoms with Crippen LogP contribution in [0.5, 0.6) is 0 Å². The molecule has 192 valence electrons. The summed E-state index contributed by atoms with van der Waals surface area (Å²) in [7, 11) is 1.76. The van der Waals surface area contributed by atoms with Gasteiger partial charge >= 0.3 is 5.69 Å². The first-order valence-electron chi connectivity index (χ1n) is 12.5. The molecule has 0 radical (unpaired) electrons. The van der Waals surface area contributed by atoms with E-state index in [1.807, 2.05) is 68.4 Å². The first-order chi connectivity index (χ1) is 18.3. The third-order valence-electron chi connectivity index (χ3n) is 7.28. The second kappa shape index (κ2) is 10.3. The number of benzene rings is 3. The van der Waals surface area contributed by atoms with Crippen LogP contribution >= 0.6 is 11.6 Å². The normalized spacial score (nSPS) is 13.4. The molecule has 1 saturated heterocycles. The Kier molecular flexibility index (Phi) is 6.94. The maximum absolute atomic E-state index is 13.7. The van der Waals surface area contributed by atoms with E-state index in [9.17, 15) is 10.1 Å². The van der Waals surface area contributed by atoms with Gasteiger partial charge in [0, 0.05) is 49.5 Å². The van der Waals surface area contributed by atoms with Crippen LogP contribution in [0.25, 0.3) is 28.1 Å². The Morgan fingerprint density at radius 2 is 1.68 bits per heavy atom. The largest absolute Gasteiger partial charge is 0.368 e. The molecule has 1 aliphatic rings. The molecule has 1 N–H and O–H groups in total. The van der Waals surface area contributed by atoms with E-state index in [1.54, 1.807) is 16.2 Å². The minimum atomic E-state index is -0.189. The molecule has 0 spiro atoms. The standard InChI is InChI=1S/C30H29ClN6O/c1-19-15-28(36-13-11-34-12-14-36)23(18-32)17-27(19)37-29(20(2)35(4)30(37)38)25-16-22(7-10-26(25)33-3)21-5-8-24(31)9-6-21/h5-10,15-17,34H,3,11-14H2,1-2,4H3. The molecule has 0 amide bonds. The fourth-order valence-electron chi connectivity index (χ4n) is 5.11. The van der Waals surface area contributed by atoms with Crippen molar-refractivity contribution < 1.29 is 0 Å². The topological polar surface area (TPSA) is 78.3 Å². The molecule has 0 aliphatic carbocycles. The van der Waals surface area contributed by atoms with Gasteiger partial charge in [0.2, 0.25) is 0 Å². The Bertz CT molecular complexity index is 1640. The second-order valence-electron chi connectivity index (χ2n) is 9.51. The van der Waals surface area contributed by atoms with E-state index in [-0.39, 0.29) is 5.69 Å². The van der Waals surface area contributed by atoms with Crippen molar-refractivity contribution in [3.05, 3.63) is 86.9 Å². The van der Waals surface area contributed by atoms with Crippen LogP contribution in [0.3, 0.4) is 0 Å². The Morgan fingerprint density at radius 1 is 1.00 bits per heavy atom. The number of aliphatic imine (C=N–C) groups is 1. The van der Waals surface area contributed by atoms with E-state index in [1.165, 1.54) is 0 Å². The van der Waals surface area contributed by atoms with Crippen LogP contribution in [0.15, 0.2) is 64.4 Å². The predicted octanol–water partition coefficient (Wildman–Crippen LogP) is 5.39. The van der Waals surface area contributed by atoms with E-state index in [2.05, 4.69) is 28.0 Å². The number of halogens is 1. The van der Waals surface area contributed by atoms with Crippen LogP contribution in [-0.4, -0.2) is 42.0 Å². The summed E-state index contributed by atoms with van der Waals surface area (Å²) in [5, 5.41) is 14.1. The fourth-order valence-corrected chi connectivity index (χ4v) is 5.24. The predicted molar refractivity (Wildman–Crippen MR) is 155 cm³/mol. The molecule has 0 atom stereocenters. The van der Waals surface area contributed by atoms with Crippen molar-refractivity contribution in [1.29, 1.82) is 5.26 Å². The lowest BCUT2D eigenvalue weighted by atomic mass is 9.99. The number of hydrogen-bond acceptors (Lipinski definition) is 5. The van der Waals surface area contributed by atoms with Crippen molar-refractivity contribution in [2.45, 2.75) is 13.8 Å². The van der Waals surface area contributed by atoms with Crippen LogP contribution in [0.4, 0.5) is 11.4 Å². The molecule has 0 bridgehead atoms. The quantitative estimate of drug-likeness (QED) is 0.355. The molecule has 1 fully saturated rings. The molecule has 38 heavy (non-hydrogen) atoms. The van der Waals surface area contributed by atoms with Crippen molar-refractivity contribution in [3.8, 4) is 34.1 Å². The average molecular weight is 525 g/mol. The highest BCUT2D eigenvalue weighted by Gasteiger charge is 2.24. The molecule has 2 heterocycles. The number of nitrogens with one attached hydrogen (secondary N) is 1. The number of hydrogen-bond donors (Lipinski definition) is 1. The molecule has 7 nitrogen and oxygen atoms in total. The van der Waals surface area contributed by atoms with Gasteiger partial charge in [0.25, 0.3) is 0 Å². The molecule has 0 saturated carbocycles. The zero-order valence-electron chi connectivity index (χ0n) is 21.8. The molecule has 8 heteroatoms. The summed E-state index contributed by atoms with van der Waals surface area (Å²) in [4.78, 5) is 20.2. The van der Waals surface area contributed by atoms with Gasteiger partial charge in [0.15, 0.2) is 0 Å². The monoisotopic (exact) mass is 524 g/mol. The van der Waals surface area contributed by atoms with Gasteiger partial charge in [0.05, 0.1) is 28.3 Å². The highest BCUT2D eigenvalue weighted by Crippen LogP contribution is 2.38. The molecular formula is C30H29ClN6O. The Hall–Kier alpha value is -4.12. The van der Waals surface area contributed by atoms with Crippen LogP contribution in [-0.2, 0) is 7.05 Å². The zero-order valence-corrected chi connectivity index (χ0v) is 22.5. The second-order valence-corrected chi connectivity index (χ2v) is 9.95. The fraction of sp³-hybridized carbons (Fsp3) is 0.233. The van der Waals surface area contributed by atoms with Crippen molar-refractivity contribution in [1.82, 2.24) is 14.5 Å². The molecule has 0 unspecified atom stereocenters. The summed E-state index contributed by atoms with van der Waals surface area (Å²) in [6.45, 7) is 11.1.